The zero-order valence-electron chi connectivity index (χ0n) is 20.8. The van der Waals surface area contributed by atoms with E-state index in [4.69, 9.17) is 0 Å². The fourth-order valence-electron chi connectivity index (χ4n) is 4.40. The molecule has 0 spiro atoms. The second-order valence-corrected chi connectivity index (χ2v) is 9.56. The summed E-state index contributed by atoms with van der Waals surface area (Å²) in [4.78, 5) is 0. The van der Waals surface area contributed by atoms with Crippen molar-refractivity contribution in [2.45, 2.75) is 155 Å². The molecule has 0 atom stereocenters. The van der Waals surface area contributed by atoms with E-state index in [-0.39, 0.29) is 0 Å². The summed E-state index contributed by atoms with van der Waals surface area (Å²) in [7, 11) is 0. The molecule has 0 saturated heterocycles. The first-order valence-electron chi connectivity index (χ1n) is 13.8. The number of pyridine rings is 1. The van der Waals surface area contributed by atoms with Crippen molar-refractivity contribution in [2.24, 2.45) is 0 Å². The molecule has 0 unspecified atom stereocenters. The van der Waals surface area contributed by atoms with Crippen LogP contribution in [0, 0.1) is 0 Å². The van der Waals surface area contributed by atoms with Crippen molar-refractivity contribution >= 4 is 0 Å². The molecule has 0 aromatic carbocycles. The summed E-state index contributed by atoms with van der Waals surface area (Å²) in [5.74, 6) is 0. The Kier molecular flexibility index (Phi) is 19.4. The molecule has 174 valence electrons. The van der Waals surface area contributed by atoms with Crippen LogP contribution in [0.25, 0.3) is 0 Å². The normalized spacial score (nSPS) is 11.3. The van der Waals surface area contributed by atoms with Crippen LogP contribution in [0.1, 0.15) is 148 Å². The van der Waals surface area contributed by atoms with Crippen molar-refractivity contribution in [3.8, 4) is 0 Å². The molecule has 30 heavy (non-hydrogen) atoms. The van der Waals surface area contributed by atoms with Gasteiger partial charge in [0.1, 0.15) is 6.54 Å². The van der Waals surface area contributed by atoms with Gasteiger partial charge in [-0.1, -0.05) is 123 Å². The number of nitrogens with zero attached hydrogens (tertiary/aromatic N) is 1. The zero-order chi connectivity index (χ0) is 21.5. The maximum absolute atomic E-state index is 2.34. The first-order chi connectivity index (χ1) is 14.9. The molecule has 0 fully saturated rings. The van der Waals surface area contributed by atoms with Crippen LogP contribution < -0.4 is 4.57 Å². The Morgan fingerprint density at radius 1 is 0.467 bits per heavy atom. The maximum Gasteiger partial charge on any atom is 0.169 e. The van der Waals surface area contributed by atoms with E-state index < -0.39 is 0 Å². The van der Waals surface area contributed by atoms with Crippen LogP contribution in [0.5, 0.6) is 0 Å². The van der Waals surface area contributed by atoms with Crippen molar-refractivity contribution in [1.29, 1.82) is 0 Å². The summed E-state index contributed by atoms with van der Waals surface area (Å²) in [6.45, 7) is 5.74. The van der Waals surface area contributed by atoms with Gasteiger partial charge in [0.2, 0.25) is 0 Å². The highest BCUT2D eigenvalue weighted by molar-refractivity contribution is 5.07. The van der Waals surface area contributed by atoms with Gasteiger partial charge >= 0.3 is 0 Å². The van der Waals surface area contributed by atoms with Gasteiger partial charge in [-0.2, -0.15) is 0 Å². The molecule has 1 heterocycles. The molecule has 1 aromatic heterocycles. The van der Waals surface area contributed by atoms with Crippen LogP contribution in [0.15, 0.2) is 24.5 Å². The van der Waals surface area contributed by atoms with Gasteiger partial charge in [0, 0.05) is 18.6 Å². The Bertz CT molecular complexity index is 450. The third kappa shape index (κ3) is 16.9. The Hall–Kier alpha value is -0.850. The van der Waals surface area contributed by atoms with Gasteiger partial charge in [0.15, 0.2) is 12.4 Å². The fraction of sp³-hybridized carbons (Fsp3) is 0.828. The van der Waals surface area contributed by atoms with Gasteiger partial charge in [0.25, 0.3) is 0 Å². The maximum atomic E-state index is 2.34. The molecule has 1 nitrogen and oxygen atoms in total. The van der Waals surface area contributed by atoms with E-state index in [0.29, 0.717) is 0 Å². The second-order valence-electron chi connectivity index (χ2n) is 9.56. The number of unbranched alkanes of at least 4 members (excludes halogenated alkanes) is 18. The van der Waals surface area contributed by atoms with Gasteiger partial charge in [-0.3, -0.25) is 0 Å². The first-order valence-corrected chi connectivity index (χ1v) is 13.8. The van der Waals surface area contributed by atoms with E-state index >= 15 is 0 Å². The number of rotatable bonds is 22. The largest absolute Gasteiger partial charge is 0.205 e. The molecule has 1 rings (SSSR count). The smallest absolute Gasteiger partial charge is 0.169 e. The predicted octanol–water partition coefficient (Wildman–Crippen LogP) is 9.36. The molecule has 0 bridgehead atoms. The highest BCUT2D eigenvalue weighted by atomic mass is 14.9. The van der Waals surface area contributed by atoms with Crippen LogP contribution in [-0.2, 0) is 13.0 Å². The highest BCUT2D eigenvalue weighted by Crippen LogP contribution is 2.14. The standard InChI is InChI=1S/C29H54N/c1-3-5-7-8-9-10-11-12-13-14-15-16-17-18-19-20-21-23-29-24-27-30(28-25-29)26-22-6-4-2/h24-25,27-28H,3-23,26H2,1-2H3/q+1. The molecule has 0 N–H and O–H groups in total. The lowest BCUT2D eigenvalue weighted by Gasteiger charge is -2.04. The summed E-state index contributed by atoms with van der Waals surface area (Å²) >= 11 is 0. The summed E-state index contributed by atoms with van der Waals surface area (Å²) in [6, 6.07) is 4.66. The van der Waals surface area contributed by atoms with Crippen molar-refractivity contribution in [2.75, 3.05) is 0 Å². The molecule has 0 amide bonds. The highest BCUT2D eigenvalue weighted by Gasteiger charge is 2.01. The Labute approximate surface area is 190 Å². The molecular formula is C29H54N+. The lowest BCUT2D eigenvalue weighted by molar-refractivity contribution is -0.697. The Balaban J connectivity index is 1.80. The van der Waals surface area contributed by atoms with Crippen LogP contribution in [0.2, 0.25) is 0 Å². The molecule has 0 radical (unpaired) electrons. The van der Waals surface area contributed by atoms with Crippen LogP contribution >= 0.6 is 0 Å². The third-order valence-corrected chi connectivity index (χ3v) is 6.55. The van der Waals surface area contributed by atoms with Gasteiger partial charge in [-0.15, -0.1) is 0 Å². The Morgan fingerprint density at radius 3 is 1.27 bits per heavy atom. The van der Waals surface area contributed by atoms with E-state index in [9.17, 15) is 0 Å². The summed E-state index contributed by atoms with van der Waals surface area (Å²) in [5, 5.41) is 0. The lowest BCUT2D eigenvalue weighted by Crippen LogP contribution is -2.32. The lowest BCUT2D eigenvalue weighted by atomic mass is 10.0. The minimum Gasteiger partial charge on any atom is -0.205 e. The van der Waals surface area contributed by atoms with Crippen molar-refractivity contribution in [3.63, 3.8) is 0 Å². The number of hydrogen-bond donors (Lipinski definition) is 0. The zero-order valence-corrected chi connectivity index (χ0v) is 20.8. The first kappa shape index (κ1) is 27.2. The van der Waals surface area contributed by atoms with E-state index in [1.807, 2.05) is 0 Å². The van der Waals surface area contributed by atoms with Crippen LogP contribution in [-0.4, -0.2) is 0 Å². The van der Waals surface area contributed by atoms with Crippen LogP contribution in [0.4, 0.5) is 0 Å². The average molecular weight is 417 g/mol. The van der Waals surface area contributed by atoms with Crippen molar-refractivity contribution < 1.29 is 4.57 Å². The van der Waals surface area contributed by atoms with E-state index in [1.165, 1.54) is 147 Å². The topological polar surface area (TPSA) is 3.88 Å². The third-order valence-electron chi connectivity index (χ3n) is 6.55. The number of aryl methyl sites for hydroxylation is 2. The average Bonchev–Trinajstić information content (AvgIpc) is 2.77. The monoisotopic (exact) mass is 416 g/mol. The van der Waals surface area contributed by atoms with Gasteiger partial charge in [0.05, 0.1) is 0 Å². The van der Waals surface area contributed by atoms with Crippen molar-refractivity contribution in [3.05, 3.63) is 30.1 Å². The number of aromatic nitrogens is 1. The molecule has 0 aliphatic carbocycles. The summed E-state index contributed by atoms with van der Waals surface area (Å²) < 4.78 is 2.34. The Morgan fingerprint density at radius 2 is 0.833 bits per heavy atom. The molecule has 1 heteroatoms. The fourth-order valence-corrected chi connectivity index (χ4v) is 4.40. The SMILES string of the molecule is CCCCCCCCCCCCCCCCCCCc1cc[n+](CCCCC)cc1. The van der Waals surface area contributed by atoms with E-state index in [0.717, 1.165) is 0 Å². The minimum atomic E-state index is 1.17. The van der Waals surface area contributed by atoms with E-state index in [1.54, 1.807) is 0 Å². The molecule has 0 saturated carbocycles. The van der Waals surface area contributed by atoms with E-state index in [2.05, 4.69) is 42.9 Å². The van der Waals surface area contributed by atoms with Crippen LogP contribution in [0.3, 0.4) is 0 Å². The van der Waals surface area contributed by atoms with Gasteiger partial charge in [-0.25, -0.2) is 4.57 Å². The van der Waals surface area contributed by atoms with Crippen molar-refractivity contribution in [1.82, 2.24) is 0 Å². The summed E-state index contributed by atoms with van der Waals surface area (Å²) in [6.07, 6.45) is 34.4. The molecular weight excluding hydrogens is 362 g/mol. The predicted molar refractivity (Wildman–Crippen MR) is 134 cm³/mol. The molecule has 1 aromatic rings. The minimum absolute atomic E-state index is 1.17. The summed E-state index contributed by atoms with van der Waals surface area (Å²) in [5.41, 5.74) is 1.52. The quantitative estimate of drug-likeness (QED) is 0.131. The molecule has 0 aliphatic rings. The van der Waals surface area contributed by atoms with Gasteiger partial charge < -0.3 is 0 Å². The van der Waals surface area contributed by atoms with Gasteiger partial charge in [-0.05, 0) is 24.8 Å². The number of hydrogen-bond acceptors (Lipinski definition) is 0. The second kappa shape index (κ2) is 21.4. The molecule has 0 aliphatic heterocycles.